The van der Waals surface area contributed by atoms with E-state index in [0.717, 1.165) is 18.4 Å². The van der Waals surface area contributed by atoms with Crippen LogP contribution in [0.25, 0.3) is 0 Å². The zero-order valence-electron chi connectivity index (χ0n) is 13.1. The summed E-state index contributed by atoms with van der Waals surface area (Å²) in [7, 11) is 0. The van der Waals surface area contributed by atoms with Crippen molar-refractivity contribution in [1.82, 2.24) is 4.90 Å². The number of aromatic hydroxyl groups is 2. The SMILES string of the molecule is O=C(Nc1ccc(F)cc1)N1CCC(c2ccc(O)cc2O)CC1. The third-order valence-corrected chi connectivity index (χ3v) is 4.33. The molecule has 2 amide bonds. The molecule has 24 heavy (non-hydrogen) atoms. The molecule has 3 N–H and O–H groups in total. The van der Waals surface area contributed by atoms with Crippen LogP contribution in [0.4, 0.5) is 14.9 Å². The standard InChI is InChI=1S/C18H19FN2O3/c19-13-1-3-14(4-2-13)20-18(24)21-9-7-12(8-10-21)16-6-5-15(22)11-17(16)23/h1-6,11-12,22-23H,7-10H2,(H,20,24). The van der Waals surface area contributed by atoms with Crippen LogP contribution in [0.1, 0.15) is 24.3 Å². The number of nitrogens with one attached hydrogen (secondary N) is 1. The van der Waals surface area contributed by atoms with E-state index < -0.39 is 0 Å². The van der Waals surface area contributed by atoms with Crippen LogP contribution in [0.5, 0.6) is 11.5 Å². The van der Waals surface area contributed by atoms with Crippen molar-refractivity contribution < 1.29 is 19.4 Å². The van der Waals surface area contributed by atoms with E-state index in [1.165, 1.54) is 30.3 Å². The molecule has 5 nitrogen and oxygen atoms in total. The molecule has 2 aromatic rings. The Bertz CT molecular complexity index is 726. The second-order valence-electron chi connectivity index (χ2n) is 5.94. The highest BCUT2D eigenvalue weighted by molar-refractivity contribution is 5.89. The van der Waals surface area contributed by atoms with Crippen LogP contribution in [0.3, 0.4) is 0 Å². The van der Waals surface area contributed by atoms with Gasteiger partial charge in [0, 0.05) is 24.8 Å². The van der Waals surface area contributed by atoms with E-state index in [1.807, 2.05) is 0 Å². The Morgan fingerprint density at radius 2 is 1.75 bits per heavy atom. The number of piperidine rings is 1. The number of carbonyl (C=O) groups excluding carboxylic acids is 1. The second-order valence-corrected chi connectivity index (χ2v) is 5.94. The monoisotopic (exact) mass is 330 g/mol. The molecule has 1 fully saturated rings. The number of nitrogens with zero attached hydrogens (tertiary/aromatic N) is 1. The number of likely N-dealkylation sites (tertiary alicyclic amines) is 1. The minimum atomic E-state index is -0.345. The summed E-state index contributed by atoms with van der Waals surface area (Å²) < 4.78 is 12.9. The third kappa shape index (κ3) is 3.59. The number of hydrogen-bond donors (Lipinski definition) is 3. The fourth-order valence-corrected chi connectivity index (χ4v) is 3.01. The smallest absolute Gasteiger partial charge is 0.321 e. The summed E-state index contributed by atoms with van der Waals surface area (Å²) in [6.45, 7) is 1.13. The quantitative estimate of drug-likeness (QED) is 0.787. The van der Waals surface area contributed by atoms with Crippen LogP contribution in [-0.4, -0.2) is 34.2 Å². The first-order valence-corrected chi connectivity index (χ1v) is 7.86. The zero-order valence-corrected chi connectivity index (χ0v) is 13.1. The van der Waals surface area contributed by atoms with E-state index in [4.69, 9.17) is 0 Å². The first kappa shape index (κ1) is 16.1. The molecular formula is C18H19FN2O3. The Kier molecular flexibility index (Phi) is 4.55. The van der Waals surface area contributed by atoms with Gasteiger partial charge in [0.2, 0.25) is 0 Å². The van der Waals surface area contributed by atoms with Gasteiger partial charge in [-0.1, -0.05) is 6.07 Å². The normalized spacial score (nSPS) is 15.3. The molecule has 0 radical (unpaired) electrons. The van der Waals surface area contributed by atoms with Crippen molar-refractivity contribution in [3.8, 4) is 11.5 Å². The predicted molar refractivity (Wildman–Crippen MR) is 88.7 cm³/mol. The summed E-state index contributed by atoms with van der Waals surface area (Å²) in [4.78, 5) is 14.0. The molecule has 0 aliphatic carbocycles. The molecule has 126 valence electrons. The first-order chi connectivity index (χ1) is 11.5. The Morgan fingerprint density at radius 3 is 2.38 bits per heavy atom. The van der Waals surface area contributed by atoms with Crippen LogP contribution < -0.4 is 5.32 Å². The highest BCUT2D eigenvalue weighted by Crippen LogP contribution is 2.35. The fraction of sp³-hybridized carbons (Fsp3) is 0.278. The zero-order chi connectivity index (χ0) is 17.1. The minimum Gasteiger partial charge on any atom is -0.508 e. The highest BCUT2D eigenvalue weighted by atomic mass is 19.1. The van der Waals surface area contributed by atoms with Crippen LogP contribution >= 0.6 is 0 Å². The average Bonchev–Trinajstić information content (AvgIpc) is 2.57. The molecule has 0 bridgehead atoms. The number of anilines is 1. The van der Waals surface area contributed by atoms with Crippen LogP contribution in [0.2, 0.25) is 0 Å². The number of benzene rings is 2. The highest BCUT2D eigenvalue weighted by Gasteiger charge is 2.25. The van der Waals surface area contributed by atoms with Gasteiger partial charge in [0.1, 0.15) is 17.3 Å². The Morgan fingerprint density at radius 1 is 1.08 bits per heavy atom. The Hall–Kier alpha value is -2.76. The molecule has 1 aliphatic heterocycles. The molecule has 0 unspecified atom stereocenters. The molecule has 0 atom stereocenters. The van der Waals surface area contributed by atoms with Crippen molar-refractivity contribution in [3.63, 3.8) is 0 Å². The topological polar surface area (TPSA) is 72.8 Å². The number of halogens is 1. The van der Waals surface area contributed by atoms with E-state index >= 15 is 0 Å². The first-order valence-electron chi connectivity index (χ1n) is 7.86. The van der Waals surface area contributed by atoms with Crippen molar-refractivity contribution in [1.29, 1.82) is 0 Å². The third-order valence-electron chi connectivity index (χ3n) is 4.33. The number of phenolic OH excluding ortho intramolecular Hbond substituents is 2. The summed E-state index contributed by atoms with van der Waals surface area (Å²) in [5.41, 5.74) is 1.35. The largest absolute Gasteiger partial charge is 0.508 e. The van der Waals surface area contributed by atoms with Crippen molar-refractivity contribution in [2.75, 3.05) is 18.4 Å². The Balaban J connectivity index is 1.58. The molecule has 0 saturated carbocycles. The summed E-state index contributed by atoms with van der Waals surface area (Å²) >= 11 is 0. The number of amides is 2. The van der Waals surface area contributed by atoms with E-state index in [2.05, 4.69) is 5.32 Å². The van der Waals surface area contributed by atoms with E-state index in [1.54, 1.807) is 17.0 Å². The number of urea groups is 1. The van der Waals surface area contributed by atoms with Crippen molar-refractivity contribution in [2.24, 2.45) is 0 Å². The van der Waals surface area contributed by atoms with Crippen molar-refractivity contribution >= 4 is 11.7 Å². The number of rotatable bonds is 2. The maximum atomic E-state index is 12.9. The van der Waals surface area contributed by atoms with Gasteiger partial charge >= 0.3 is 6.03 Å². The van der Waals surface area contributed by atoms with Gasteiger partial charge < -0.3 is 20.4 Å². The molecule has 3 rings (SSSR count). The molecule has 1 saturated heterocycles. The number of carbonyl (C=O) groups is 1. The van der Waals surface area contributed by atoms with Crippen molar-refractivity contribution in [2.45, 2.75) is 18.8 Å². The minimum absolute atomic E-state index is 0.0346. The van der Waals surface area contributed by atoms with Gasteiger partial charge in [0.15, 0.2) is 0 Å². The summed E-state index contributed by atoms with van der Waals surface area (Å²) in [6.07, 6.45) is 1.46. The van der Waals surface area contributed by atoms with Crippen LogP contribution in [0, 0.1) is 5.82 Å². The molecule has 0 spiro atoms. The lowest BCUT2D eigenvalue weighted by atomic mass is 9.89. The molecular weight excluding hydrogens is 311 g/mol. The average molecular weight is 330 g/mol. The predicted octanol–water partition coefficient (Wildman–Crippen LogP) is 3.65. The fourth-order valence-electron chi connectivity index (χ4n) is 3.01. The summed E-state index contributed by atoms with van der Waals surface area (Å²) in [6, 6.07) is 10.1. The van der Waals surface area contributed by atoms with E-state index in [9.17, 15) is 19.4 Å². The lowest BCUT2D eigenvalue weighted by molar-refractivity contribution is 0.194. The second kappa shape index (κ2) is 6.78. The van der Waals surface area contributed by atoms with Gasteiger partial charge in [-0.2, -0.15) is 0 Å². The number of phenols is 2. The molecule has 0 aromatic heterocycles. The van der Waals surface area contributed by atoms with Gasteiger partial charge in [0.25, 0.3) is 0 Å². The van der Waals surface area contributed by atoms with Crippen LogP contribution in [-0.2, 0) is 0 Å². The van der Waals surface area contributed by atoms with Gasteiger partial charge in [-0.25, -0.2) is 9.18 Å². The lowest BCUT2D eigenvalue weighted by Crippen LogP contribution is -2.40. The van der Waals surface area contributed by atoms with Crippen LogP contribution in [0.15, 0.2) is 42.5 Å². The van der Waals surface area contributed by atoms with E-state index in [0.29, 0.717) is 18.8 Å². The summed E-state index contributed by atoms with van der Waals surface area (Å²) in [5.74, 6) is -0.0698. The van der Waals surface area contributed by atoms with Gasteiger partial charge in [-0.15, -0.1) is 0 Å². The maximum absolute atomic E-state index is 12.9. The van der Waals surface area contributed by atoms with Crippen molar-refractivity contribution in [3.05, 3.63) is 53.8 Å². The molecule has 2 aromatic carbocycles. The lowest BCUT2D eigenvalue weighted by Gasteiger charge is -2.32. The molecule has 1 aliphatic rings. The maximum Gasteiger partial charge on any atom is 0.321 e. The molecule has 6 heteroatoms. The Labute approximate surface area is 139 Å². The summed E-state index contributed by atoms with van der Waals surface area (Å²) in [5, 5.41) is 22.1. The molecule has 1 heterocycles. The van der Waals surface area contributed by atoms with Gasteiger partial charge in [-0.3, -0.25) is 0 Å². The van der Waals surface area contributed by atoms with E-state index in [-0.39, 0.29) is 29.3 Å². The van der Waals surface area contributed by atoms with Gasteiger partial charge in [0.05, 0.1) is 0 Å². The number of hydrogen-bond acceptors (Lipinski definition) is 3. The van der Waals surface area contributed by atoms with Gasteiger partial charge in [-0.05, 0) is 54.7 Å².